The van der Waals surface area contributed by atoms with E-state index in [0.29, 0.717) is 5.78 Å². The number of fused-ring (bicyclic) bond motifs is 1. The van der Waals surface area contributed by atoms with Crippen LogP contribution in [0.5, 0.6) is 0 Å². The molecule has 0 bridgehead atoms. The van der Waals surface area contributed by atoms with E-state index in [1.807, 2.05) is 6.92 Å². The summed E-state index contributed by atoms with van der Waals surface area (Å²) in [4.78, 5) is 8.31. The van der Waals surface area contributed by atoms with Crippen molar-refractivity contribution in [2.75, 3.05) is 6.61 Å². The first kappa shape index (κ1) is 10.0. The van der Waals surface area contributed by atoms with E-state index >= 15 is 0 Å². The largest absolute Gasteiger partial charge is 0.394 e. The van der Waals surface area contributed by atoms with Crippen LogP contribution >= 0.6 is 0 Å². The molecule has 0 aliphatic rings. The van der Waals surface area contributed by atoms with E-state index in [0.717, 1.165) is 17.8 Å². The van der Waals surface area contributed by atoms with Gasteiger partial charge in [0.15, 0.2) is 5.82 Å². The van der Waals surface area contributed by atoms with Crippen molar-refractivity contribution in [2.45, 2.75) is 19.4 Å². The fraction of sp³-hybridized carbons (Fsp3) is 0.444. The Hall–Kier alpha value is -1.53. The first-order valence-corrected chi connectivity index (χ1v) is 4.82. The number of hydrogen-bond acceptors (Lipinski definition) is 5. The summed E-state index contributed by atoms with van der Waals surface area (Å²) < 4.78 is 1.59. The summed E-state index contributed by atoms with van der Waals surface area (Å²) in [5, 5.41) is 13.1. The van der Waals surface area contributed by atoms with Gasteiger partial charge >= 0.3 is 0 Å². The van der Waals surface area contributed by atoms with Crippen molar-refractivity contribution < 1.29 is 5.11 Å². The number of aryl methyl sites for hydroxylation is 1. The second-order valence-corrected chi connectivity index (χ2v) is 3.30. The third kappa shape index (κ3) is 1.81. The van der Waals surface area contributed by atoms with Gasteiger partial charge < -0.3 is 10.8 Å². The molecule has 2 heterocycles. The molecule has 1 unspecified atom stereocenters. The third-order valence-electron chi connectivity index (χ3n) is 2.20. The van der Waals surface area contributed by atoms with Gasteiger partial charge in [0, 0.05) is 24.4 Å². The van der Waals surface area contributed by atoms with Gasteiger partial charge in [-0.15, -0.1) is 5.10 Å². The Morgan fingerprint density at radius 2 is 2.40 bits per heavy atom. The SMILES string of the molecule is CCc1nc2ncc(C(N)CO)cn2n1. The van der Waals surface area contributed by atoms with Gasteiger partial charge in [-0.2, -0.15) is 4.98 Å². The molecule has 2 aromatic heterocycles. The summed E-state index contributed by atoms with van der Waals surface area (Å²) in [6.45, 7) is 1.87. The number of nitrogens with zero attached hydrogens (tertiary/aromatic N) is 4. The molecule has 0 fully saturated rings. The van der Waals surface area contributed by atoms with Gasteiger partial charge in [0.2, 0.25) is 0 Å². The van der Waals surface area contributed by atoms with Crippen LogP contribution < -0.4 is 5.73 Å². The molecule has 0 amide bonds. The van der Waals surface area contributed by atoms with Crippen LogP contribution in [0, 0.1) is 0 Å². The minimum absolute atomic E-state index is 0.109. The fourth-order valence-electron chi connectivity index (χ4n) is 1.29. The molecular formula is C9H13N5O. The molecule has 6 nitrogen and oxygen atoms in total. The Kier molecular flexibility index (Phi) is 2.61. The van der Waals surface area contributed by atoms with Crippen molar-refractivity contribution >= 4 is 5.78 Å². The van der Waals surface area contributed by atoms with E-state index in [4.69, 9.17) is 10.8 Å². The molecular weight excluding hydrogens is 194 g/mol. The second-order valence-electron chi connectivity index (χ2n) is 3.30. The normalized spacial score (nSPS) is 13.3. The van der Waals surface area contributed by atoms with Gasteiger partial charge in [0.25, 0.3) is 5.78 Å². The van der Waals surface area contributed by atoms with Crippen LogP contribution in [0.3, 0.4) is 0 Å². The maximum absolute atomic E-state index is 8.91. The molecule has 6 heteroatoms. The highest BCUT2D eigenvalue weighted by molar-refractivity contribution is 5.28. The number of aliphatic hydroxyl groups excluding tert-OH is 1. The topological polar surface area (TPSA) is 89.3 Å². The van der Waals surface area contributed by atoms with Crippen molar-refractivity contribution in [2.24, 2.45) is 5.73 Å². The average molecular weight is 207 g/mol. The first-order chi connectivity index (χ1) is 7.24. The number of rotatable bonds is 3. The Morgan fingerprint density at radius 1 is 1.60 bits per heavy atom. The van der Waals surface area contributed by atoms with Crippen LogP contribution in [0.2, 0.25) is 0 Å². The third-order valence-corrected chi connectivity index (χ3v) is 2.20. The predicted molar refractivity (Wildman–Crippen MR) is 54.2 cm³/mol. The minimum Gasteiger partial charge on any atom is -0.394 e. The Balaban J connectivity index is 2.45. The van der Waals surface area contributed by atoms with E-state index in [-0.39, 0.29) is 6.61 Å². The molecule has 0 aliphatic heterocycles. The molecule has 2 rings (SSSR count). The highest BCUT2D eigenvalue weighted by Gasteiger charge is 2.08. The lowest BCUT2D eigenvalue weighted by atomic mass is 10.2. The maximum Gasteiger partial charge on any atom is 0.252 e. The predicted octanol–water partition coefficient (Wildman–Crippen LogP) is -0.321. The van der Waals surface area contributed by atoms with Crippen molar-refractivity contribution in [1.82, 2.24) is 19.6 Å². The molecule has 15 heavy (non-hydrogen) atoms. The molecule has 0 aliphatic carbocycles. The van der Waals surface area contributed by atoms with E-state index in [2.05, 4.69) is 15.1 Å². The van der Waals surface area contributed by atoms with Crippen LogP contribution in [0.4, 0.5) is 0 Å². The fourth-order valence-corrected chi connectivity index (χ4v) is 1.29. The summed E-state index contributed by atoms with van der Waals surface area (Å²) in [6.07, 6.45) is 4.13. The van der Waals surface area contributed by atoms with Crippen LogP contribution in [0.25, 0.3) is 5.78 Å². The molecule has 1 atom stereocenters. The number of hydrogen-bond donors (Lipinski definition) is 2. The number of nitrogens with two attached hydrogens (primary N) is 1. The standard InChI is InChI=1S/C9H13N5O/c1-2-8-12-9-11-3-6(7(10)5-15)4-14(9)13-8/h3-4,7,15H,2,5,10H2,1H3. The summed E-state index contributed by atoms with van der Waals surface area (Å²) in [5.74, 6) is 1.30. The van der Waals surface area contributed by atoms with Gasteiger partial charge in [0.05, 0.1) is 12.6 Å². The Bertz CT molecular complexity index is 466. The van der Waals surface area contributed by atoms with E-state index in [9.17, 15) is 0 Å². The molecule has 0 saturated carbocycles. The van der Waals surface area contributed by atoms with Crippen molar-refractivity contribution in [3.63, 3.8) is 0 Å². The van der Waals surface area contributed by atoms with E-state index in [1.54, 1.807) is 16.9 Å². The van der Waals surface area contributed by atoms with Crippen LogP contribution in [-0.2, 0) is 6.42 Å². The van der Waals surface area contributed by atoms with Gasteiger partial charge in [-0.25, -0.2) is 9.50 Å². The molecule has 3 N–H and O–H groups in total. The second kappa shape index (κ2) is 3.92. The van der Waals surface area contributed by atoms with Crippen LogP contribution in [0.15, 0.2) is 12.4 Å². The molecule has 2 aromatic rings. The number of aliphatic hydroxyl groups is 1. The van der Waals surface area contributed by atoms with Crippen LogP contribution in [-0.4, -0.2) is 31.3 Å². The Morgan fingerprint density at radius 3 is 3.07 bits per heavy atom. The zero-order valence-corrected chi connectivity index (χ0v) is 8.46. The van der Waals surface area contributed by atoms with Gasteiger partial charge in [0.1, 0.15) is 0 Å². The lowest BCUT2D eigenvalue weighted by Crippen LogP contribution is -2.15. The zero-order valence-electron chi connectivity index (χ0n) is 8.46. The first-order valence-electron chi connectivity index (χ1n) is 4.82. The summed E-state index contributed by atoms with van der Waals surface area (Å²) in [6, 6.07) is -0.420. The lowest BCUT2D eigenvalue weighted by Gasteiger charge is -2.06. The quantitative estimate of drug-likeness (QED) is 0.720. The average Bonchev–Trinajstić information content (AvgIpc) is 2.69. The van der Waals surface area contributed by atoms with Crippen molar-refractivity contribution in [3.8, 4) is 0 Å². The monoisotopic (exact) mass is 207 g/mol. The van der Waals surface area contributed by atoms with Gasteiger partial charge in [-0.3, -0.25) is 0 Å². The summed E-state index contributed by atoms with van der Waals surface area (Å²) in [7, 11) is 0. The Labute approximate surface area is 86.8 Å². The van der Waals surface area contributed by atoms with Crippen molar-refractivity contribution in [3.05, 3.63) is 23.8 Å². The van der Waals surface area contributed by atoms with Gasteiger partial charge in [-0.1, -0.05) is 6.92 Å². The number of aromatic nitrogens is 4. The molecule has 80 valence electrons. The van der Waals surface area contributed by atoms with E-state index < -0.39 is 6.04 Å². The van der Waals surface area contributed by atoms with Crippen molar-refractivity contribution in [1.29, 1.82) is 0 Å². The minimum atomic E-state index is -0.420. The summed E-state index contributed by atoms with van der Waals surface area (Å²) in [5.41, 5.74) is 6.42. The highest BCUT2D eigenvalue weighted by atomic mass is 16.3. The van der Waals surface area contributed by atoms with E-state index in [1.165, 1.54) is 0 Å². The maximum atomic E-state index is 8.91. The lowest BCUT2D eigenvalue weighted by molar-refractivity contribution is 0.267. The summed E-state index contributed by atoms with van der Waals surface area (Å²) >= 11 is 0. The highest BCUT2D eigenvalue weighted by Crippen LogP contribution is 2.08. The molecule has 0 radical (unpaired) electrons. The molecule has 0 saturated heterocycles. The molecule has 0 aromatic carbocycles. The molecule has 0 spiro atoms. The smallest absolute Gasteiger partial charge is 0.252 e. The zero-order chi connectivity index (χ0) is 10.8. The van der Waals surface area contributed by atoms with Gasteiger partial charge in [-0.05, 0) is 0 Å². The van der Waals surface area contributed by atoms with Crippen LogP contribution in [0.1, 0.15) is 24.4 Å².